The Morgan fingerprint density at radius 3 is 2.31 bits per heavy atom. The van der Waals surface area contributed by atoms with Crippen molar-refractivity contribution >= 4 is 0 Å². The van der Waals surface area contributed by atoms with Crippen LogP contribution >= 0.6 is 0 Å². The van der Waals surface area contributed by atoms with E-state index >= 15 is 0 Å². The smallest absolute Gasteiger partial charge is 0.250 e. The zero-order chi connectivity index (χ0) is 23.2. The number of hydrogen-bond acceptors (Lipinski definition) is 5. The molecular formula is C25H35F2NO4. The van der Waals surface area contributed by atoms with Gasteiger partial charge in [0.05, 0.1) is 12.7 Å². The number of phenols is 1. The number of aliphatic hydroxyl groups is 2. The van der Waals surface area contributed by atoms with Crippen molar-refractivity contribution in [3.8, 4) is 5.75 Å². The number of nitrogens with one attached hydrogen (secondary N) is 1. The number of halogens is 2. The van der Waals surface area contributed by atoms with Gasteiger partial charge in [-0.05, 0) is 55.5 Å². The lowest BCUT2D eigenvalue weighted by Crippen LogP contribution is -2.33. The molecule has 0 heterocycles. The van der Waals surface area contributed by atoms with Gasteiger partial charge in [-0.2, -0.15) is 0 Å². The number of hydrogen-bond donors (Lipinski definition) is 4. The van der Waals surface area contributed by atoms with Crippen molar-refractivity contribution in [1.29, 1.82) is 0 Å². The predicted octanol–water partition coefficient (Wildman–Crippen LogP) is 4.22. The van der Waals surface area contributed by atoms with E-state index in [1.807, 2.05) is 18.2 Å². The number of aromatic hydroxyl groups is 1. The van der Waals surface area contributed by atoms with Gasteiger partial charge in [0, 0.05) is 26.0 Å². The molecule has 32 heavy (non-hydrogen) atoms. The first-order chi connectivity index (χ1) is 15.4. The molecule has 0 aliphatic heterocycles. The first-order valence-electron chi connectivity index (χ1n) is 11.2. The van der Waals surface area contributed by atoms with Crippen LogP contribution in [0.15, 0.2) is 54.6 Å². The van der Waals surface area contributed by atoms with E-state index in [1.54, 1.807) is 0 Å². The second kappa shape index (κ2) is 14.2. The third kappa shape index (κ3) is 10.5. The van der Waals surface area contributed by atoms with Crippen LogP contribution in [0.3, 0.4) is 0 Å². The van der Waals surface area contributed by atoms with Crippen molar-refractivity contribution in [2.45, 2.75) is 56.7 Å². The minimum atomic E-state index is -2.78. The predicted molar refractivity (Wildman–Crippen MR) is 121 cm³/mol. The lowest BCUT2D eigenvalue weighted by molar-refractivity contribution is -0.0415. The molecule has 2 aromatic carbocycles. The Kier molecular flexibility index (Phi) is 11.6. The van der Waals surface area contributed by atoms with Gasteiger partial charge in [-0.15, -0.1) is 0 Å². The van der Waals surface area contributed by atoms with Crippen LogP contribution in [0.2, 0.25) is 0 Å². The molecule has 0 spiro atoms. The van der Waals surface area contributed by atoms with Crippen LogP contribution in [0, 0.1) is 0 Å². The number of aryl methyl sites for hydroxylation is 1. The Labute approximate surface area is 189 Å². The van der Waals surface area contributed by atoms with Crippen LogP contribution < -0.4 is 5.32 Å². The number of aliphatic hydroxyl groups excluding tert-OH is 2. The van der Waals surface area contributed by atoms with Crippen LogP contribution in [0.1, 0.15) is 49.3 Å². The summed E-state index contributed by atoms with van der Waals surface area (Å²) in [4.78, 5) is 0. The van der Waals surface area contributed by atoms with E-state index in [4.69, 9.17) is 4.74 Å². The molecule has 7 heteroatoms. The van der Waals surface area contributed by atoms with Gasteiger partial charge in [-0.1, -0.05) is 42.5 Å². The zero-order valence-electron chi connectivity index (χ0n) is 18.4. The van der Waals surface area contributed by atoms with Crippen molar-refractivity contribution in [1.82, 2.24) is 5.32 Å². The molecule has 0 amide bonds. The fraction of sp³-hybridized carbons (Fsp3) is 0.520. The maximum absolute atomic E-state index is 14.0. The summed E-state index contributed by atoms with van der Waals surface area (Å²) in [5.74, 6) is -2.71. The van der Waals surface area contributed by atoms with Crippen molar-refractivity contribution in [2.75, 3.05) is 26.3 Å². The van der Waals surface area contributed by atoms with E-state index in [-0.39, 0.29) is 38.2 Å². The Balaban J connectivity index is 1.48. The molecule has 0 aliphatic carbocycles. The summed E-state index contributed by atoms with van der Waals surface area (Å²) in [5, 5.41) is 32.3. The largest absolute Gasteiger partial charge is 0.508 e. The summed E-state index contributed by atoms with van der Waals surface area (Å²) < 4.78 is 33.3. The van der Waals surface area contributed by atoms with Crippen LogP contribution in [0.25, 0.3) is 0 Å². The molecule has 178 valence electrons. The van der Waals surface area contributed by atoms with E-state index < -0.39 is 18.1 Å². The third-order valence-electron chi connectivity index (χ3n) is 5.31. The fourth-order valence-corrected chi connectivity index (χ4v) is 3.35. The molecule has 1 unspecified atom stereocenters. The Morgan fingerprint density at radius 1 is 0.875 bits per heavy atom. The molecule has 4 N–H and O–H groups in total. The molecule has 0 aromatic heterocycles. The van der Waals surface area contributed by atoms with Crippen LogP contribution in [0.5, 0.6) is 5.75 Å². The number of ether oxygens (including phenoxy) is 1. The quantitative estimate of drug-likeness (QED) is 0.287. The average molecular weight is 452 g/mol. The van der Waals surface area contributed by atoms with Gasteiger partial charge in [-0.3, -0.25) is 0 Å². The molecule has 2 aromatic rings. The van der Waals surface area contributed by atoms with Gasteiger partial charge in [0.1, 0.15) is 11.9 Å². The molecule has 0 fully saturated rings. The molecule has 5 nitrogen and oxygen atoms in total. The minimum absolute atomic E-state index is 0.0449. The summed E-state index contributed by atoms with van der Waals surface area (Å²) in [6.45, 7) is 0.935. The minimum Gasteiger partial charge on any atom is -0.508 e. The van der Waals surface area contributed by atoms with Crippen LogP contribution in [0.4, 0.5) is 8.78 Å². The summed E-state index contributed by atoms with van der Waals surface area (Å²) in [5.41, 5.74) is 1.75. The second-order valence-electron chi connectivity index (χ2n) is 8.07. The molecule has 0 bridgehead atoms. The van der Waals surface area contributed by atoms with Crippen LogP contribution in [-0.4, -0.2) is 53.6 Å². The SMILES string of the molecule is Oc1ccc(C(O)[C@H](O)CNCCCC(F)(F)CCOCCCCc2ccccc2)cc1. The van der Waals surface area contributed by atoms with Crippen molar-refractivity contribution in [3.05, 3.63) is 65.7 Å². The highest BCUT2D eigenvalue weighted by atomic mass is 19.3. The van der Waals surface area contributed by atoms with Crippen molar-refractivity contribution in [3.63, 3.8) is 0 Å². The third-order valence-corrected chi connectivity index (χ3v) is 5.31. The molecule has 2 atom stereocenters. The molecule has 2 rings (SSSR count). The number of benzene rings is 2. The maximum atomic E-state index is 14.0. The van der Waals surface area contributed by atoms with Gasteiger partial charge in [0.25, 0.3) is 0 Å². The van der Waals surface area contributed by atoms with Gasteiger partial charge in [0.15, 0.2) is 0 Å². The maximum Gasteiger partial charge on any atom is 0.250 e. The second-order valence-corrected chi connectivity index (χ2v) is 8.07. The highest BCUT2D eigenvalue weighted by Gasteiger charge is 2.27. The molecule has 0 saturated heterocycles. The first kappa shape index (κ1) is 26.2. The van der Waals surface area contributed by atoms with E-state index in [0.29, 0.717) is 18.7 Å². The number of phenolic OH excluding ortho intramolecular Hbond substituents is 1. The number of unbranched alkanes of at least 4 members (excludes halogenated alkanes) is 1. The van der Waals surface area contributed by atoms with E-state index in [9.17, 15) is 24.1 Å². The Bertz CT molecular complexity index is 743. The average Bonchev–Trinajstić information content (AvgIpc) is 2.78. The highest BCUT2D eigenvalue weighted by Crippen LogP contribution is 2.24. The van der Waals surface area contributed by atoms with E-state index in [2.05, 4.69) is 17.4 Å². The van der Waals surface area contributed by atoms with E-state index in [0.717, 1.165) is 19.3 Å². The Hall–Kier alpha value is -2.06. The lowest BCUT2D eigenvalue weighted by atomic mass is 10.0. The van der Waals surface area contributed by atoms with Gasteiger partial charge in [0.2, 0.25) is 5.92 Å². The molecule has 0 aliphatic rings. The fourth-order valence-electron chi connectivity index (χ4n) is 3.35. The first-order valence-corrected chi connectivity index (χ1v) is 11.2. The topological polar surface area (TPSA) is 82.0 Å². The van der Waals surface area contributed by atoms with Gasteiger partial charge >= 0.3 is 0 Å². The highest BCUT2D eigenvalue weighted by molar-refractivity contribution is 5.27. The van der Waals surface area contributed by atoms with Gasteiger partial charge in [-0.25, -0.2) is 8.78 Å². The molecule has 0 radical (unpaired) electrons. The summed E-state index contributed by atoms with van der Waals surface area (Å²) in [6.07, 6.45) is 0.300. The molecule has 0 saturated carbocycles. The monoisotopic (exact) mass is 451 g/mol. The summed E-state index contributed by atoms with van der Waals surface area (Å²) >= 11 is 0. The van der Waals surface area contributed by atoms with Gasteiger partial charge < -0.3 is 25.4 Å². The normalized spacial score (nSPS) is 13.8. The zero-order valence-corrected chi connectivity index (χ0v) is 18.4. The Morgan fingerprint density at radius 2 is 1.59 bits per heavy atom. The van der Waals surface area contributed by atoms with E-state index in [1.165, 1.54) is 29.8 Å². The van der Waals surface area contributed by atoms with Crippen molar-refractivity contribution in [2.24, 2.45) is 0 Å². The lowest BCUT2D eigenvalue weighted by Gasteiger charge is -2.20. The number of alkyl halides is 2. The standard InChI is InChI=1S/C25H35F2NO4/c26-25(27,15-18-32-17-5-4-9-20-7-2-1-3-8-20)14-6-16-28-19-23(30)24(31)21-10-12-22(29)13-11-21/h1-3,7-8,10-13,23-24,28-31H,4-6,9,14-19H2/t23-,24?/m1/s1. The summed E-state index contributed by atoms with van der Waals surface area (Å²) in [7, 11) is 0. The van der Waals surface area contributed by atoms with Crippen molar-refractivity contribution < 1.29 is 28.8 Å². The summed E-state index contributed by atoms with van der Waals surface area (Å²) in [6, 6.07) is 16.0. The number of rotatable bonds is 16. The van der Waals surface area contributed by atoms with Crippen LogP contribution in [-0.2, 0) is 11.2 Å². The molecular weight excluding hydrogens is 416 g/mol.